The third kappa shape index (κ3) is 4.68. The highest BCUT2D eigenvalue weighted by Crippen LogP contribution is 2.08. The number of carbonyl (C=O) groups is 2. The minimum Gasteiger partial charge on any atom is -0.469 e. The van der Waals surface area contributed by atoms with Crippen molar-refractivity contribution in [2.75, 3.05) is 7.11 Å². The normalized spacial score (nSPS) is 10.8. The van der Waals surface area contributed by atoms with E-state index >= 15 is 0 Å². The number of carbonyl (C=O) groups excluding carboxylic acids is 2. The van der Waals surface area contributed by atoms with Crippen LogP contribution in [0.25, 0.3) is 0 Å². The molecule has 20 heavy (non-hydrogen) atoms. The van der Waals surface area contributed by atoms with Gasteiger partial charge in [-0.05, 0) is 12.5 Å². The zero-order valence-corrected chi connectivity index (χ0v) is 11.7. The average molecular weight is 274 g/mol. The maximum atomic E-state index is 12.1. The molecular weight excluding hydrogens is 256 g/mol. The molecular formula is C15H18N2O3. The number of amidine groups is 1. The van der Waals surface area contributed by atoms with E-state index < -0.39 is 5.97 Å². The summed E-state index contributed by atoms with van der Waals surface area (Å²) in [7, 11) is 1.25. The van der Waals surface area contributed by atoms with Gasteiger partial charge in [0.05, 0.1) is 13.7 Å². The van der Waals surface area contributed by atoms with Gasteiger partial charge in [0.1, 0.15) is 12.3 Å². The fraction of sp³-hybridized carbons (Fsp3) is 0.267. The fourth-order valence-corrected chi connectivity index (χ4v) is 1.64. The highest BCUT2D eigenvalue weighted by atomic mass is 16.5. The lowest BCUT2D eigenvalue weighted by Gasteiger charge is -2.21. The smallest absolute Gasteiger partial charge is 0.315 e. The largest absolute Gasteiger partial charge is 0.469 e. The number of rotatable bonds is 5. The highest BCUT2D eigenvalue weighted by Gasteiger charge is 2.20. The number of nitrogens with zero attached hydrogens (tertiary/aromatic N) is 2. The van der Waals surface area contributed by atoms with Gasteiger partial charge in [0.15, 0.2) is 0 Å². The standard InChI is InChI=1S/C15H18N2O3/c1-4-16-12(2)17(14(18)10-15(19)20-3)11-13-8-6-5-7-9-13/h4-9H,1,10-11H2,2-3H3. The predicted octanol–water partition coefficient (Wildman–Crippen LogP) is 2.14. The lowest BCUT2D eigenvalue weighted by atomic mass is 10.2. The molecule has 0 N–H and O–H groups in total. The van der Waals surface area contributed by atoms with Gasteiger partial charge in [-0.25, -0.2) is 4.99 Å². The summed E-state index contributed by atoms with van der Waals surface area (Å²) in [5.41, 5.74) is 0.948. The Kier molecular flexibility index (Phi) is 6.16. The molecule has 1 rings (SSSR count). The number of methoxy groups -OCH3 is 1. The molecule has 0 aliphatic heterocycles. The molecule has 0 radical (unpaired) electrons. The van der Waals surface area contributed by atoms with Crippen LogP contribution in [-0.4, -0.2) is 29.7 Å². The first-order valence-electron chi connectivity index (χ1n) is 6.15. The molecule has 0 fully saturated rings. The van der Waals surface area contributed by atoms with E-state index in [9.17, 15) is 9.59 Å². The Morgan fingerprint density at radius 3 is 2.55 bits per heavy atom. The molecule has 0 saturated heterocycles. The summed E-state index contributed by atoms with van der Waals surface area (Å²) in [6, 6.07) is 9.48. The van der Waals surface area contributed by atoms with E-state index in [0.717, 1.165) is 5.56 Å². The predicted molar refractivity (Wildman–Crippen MR) is 76.9 cm³/mol. The molecule has 0 aliphatic rings. The third-order valence-electron chi connectivity index (χ3n) is 2.68. The van der Waals surface area contributed by atoms with Crippen LogP contribution in [0.4, 0.5) is 0 Å². The van der Waals surface area contributed by atoms with E-state index in [1.165, 1.54) is 18.2 Å². The average Bonchev–Trinajstić information content (AvgIpc) is 2.45. The Labute approximate surface area is 118 Å². The van der Waals surface area contributed by atoms with Crippen LogP contribution in [0, 0.1) is 0 Å². The lowest BCUT2D eigenvalue weighted by Crippen LogP contribution is -2.36. The number of aliphatic imine (C=N–C) groups is 1. The summed E-state index contributed by atoms with van der Waals surface area (Å²) >= 11 is 0. The van der Waals surface area contributed by atoms with Gasteiger partial charge < -0.3 is 4.74 Å². The van der Waals surface area contributed by atoms with Crippen molar-refractivity contribution in [1.29, 1.82) is 0 Å². The van der Waals surface area contributed by atoms with Crippen LogP contribution >= 0.6 is 0 Å². The number of benzene rings is 1. The lowest BCUT2D eigenvalue weighted by molar-refractivity contribution is -0.145. The minimum atomic E-state index is -0.570. The van der Waals surface area contributed by atoms with E-state index in [2.05, 4.69) is 16.3 Å². The van der Waals surface area contributed by atoms with Crippen molar-refractivity contribution in [3.8, 4) is 0 Å². The zero-order valence-electron chi connectivity index (χ0n) is 11.7. The van der Waals surface area contributed by atoms with Crippen LogP contribution in [0.1, 0.15) is 18.9 Å². The van der Waals surface area contributed by atoms with Gasteiger partial charge in [0.25, 0.3) is 0 Å². The second-order valence-electron chi connectivity index (χ2n) is 4.08. The molecule has 0 spiro atoms. The first-order valence-corrected chi connectivity index (χ1v) is 6.15. The number of hydrogen-bond donors (Lipinski definition) is 0. The molecule has 5 nitrogen and oxygen atoms in total. The molecule has 5 heteroatoms. The second kappa shape index (κ2) is 7.89. The van der Waals surface area contributed by atoms with Crippen molar-refractivity contribution in [1.82, 2.24) is 4.90 Å². The zero-order chi connectivity index (χ0) is 15.0. The van der Waals surface area contributed by atoms with Crippen molar-refractivity contribution in [2.24, 2.45) is 4.99 Å². The molecule has 1 amide bonds. The number of amides is 1. The van der Waals surface area contributed by atoms with Crippen molar-refractivity contribution < 1.29 is 14.3 Å². The van der Waals surface area contributed by atoms with E-state index in [-0.39, 0.29) is 12.3 Å². The van der Waals surface area contributed by atoms with Gasteiger partial charge in [-0.2, -0.15) is 0 Å². The summed E-state index contributed by atoms with van der Waals surface area (Å²) in [6.07, 6.45) is 1.05. The molecule has 1 aromatic carbocycles. The Morgan fingerprint density at radius 2 is 2.00 bits per heavy atom. The highest BCUT2D eigenvalue weighted by molar-refractivity contribution is 6.03. The number of esters is 1. The topological polar surface area (TPSA) is 59.0 Å². The summed E-state index contributed by atoms with van der Waals surface area (Å²) in [5, 5.41) is 0. The Morgan fingerprint density at radius 1 is 1.35 bits per heavy atom. The van der Waals surface area contributed by atoms with Gasteiger partial charge in [-0.1, -0.05) is 36.9 Å². The van der Waals surface area contributed by atoms with Crippen LogP contribution in [0.5, 0.6) is 0 Å². The molecule has 0 bridgehead atoms. The maximum absolute atomic E-state index is 12.1. The van der Waals surface area contributed by atoms with Crippen molar-refractivity contribution in [3.63, 3.8) is 0 Å². The quantitative estimate of drug-likeness (QED) is 0.358. The molecule has 106 valence electrons. The molecule has 0 heterocycles. The van der Waals surface area contributed by atoms with Crippen LogP contribution in [0.3, 0.4) is 0 Å². The summed E-state index contributed by atoms with van der Waals surface area (Å²) in [5.74, 6) is -0.443. The molecule has 0 saturated carbocycles. The summed E-state index contributed by atoms with van der Waals surface area (Å²) in [6.45, 7) is 5.55. The van der Waals surface area contributed by atoms with Crippen molar-refractivity contribution in [2.45, 2.75) is 19.9 Å². The van der Waals surface area contributed by atoms with Gasteiger partial charge in [-0.15, -0.1) is 0 Å². The van der Waals surface area contributed by atoms with Crippen LogP contribution in [0.15, 0.2) is 48.1 Å². The van der Waals surface area contributed by atoms with Gasteiger partial charge in [0.2, 0.25) is 5.91 Å². The SMILES string of the molecule is C=CN=C(C)N(Cc1ccccc1)C(=O)CC(=O)OC. The second-order valence-corrected chi connectivity index (χ2v) is 4.08. The molecule has 1 aromatic rings. The first kappa shape index (κ1) is 15.6. The van der Waals surface area contributed by atoms with Crippen molar-refractivity contribution >= 4 is 17.7 Å². The van der Waals surface area contributed by atoms with E-state index in [0.29, 0.717) is 12.4 Å². The summed E-state index contributed by atoms with van der Waals surface area (Å²) in [4.78, 5) is 28.8. The maximum Gasteiger partial charge on any atom is 0.315 e. The summed E-state index contributed by atoms with van der Waals surface area (Å²) < 4.78 is 4.51. The third-order valence-corrected chi connectivity index (χ3v) is 2.68. The Balaban J connectivity index is 2.91. The van der Waals surface area contributed by atoms with E-state index in [1.54, 1.807) is 6.92 Å². The molecule has 0 unspecified atom stereocenters. The Bertz CT molecular complexity index is 509. The van der Waals surface area contributed by atoms with Crippen LogP contribution in [-0.2, 0) is 20.9 Å². The molecule has 0 aromatic heterocycles. The van der Waals surface area contributed by atoms with Crippen molar-refractivity contribution in [3.05, 3.63) is 48.7 Å². The van der Waals surface area contributed by atoms with E-state index in [1.807, 2.05) is 30.3 Å². The van der Waals surface area contributed by atoms with Gasteiger partial charge >= 0.3 is 5.97 Å². The Hall–Kier alpha value is -2.43. The molecule has 0 aliphatic carbocycles. The van der Waals surface area contributed by atoms with Gasteiger partial charge in [-0.3, -0.25) is 14.5 Å². The van der Waals surface area contributed by atoms with E-state index in [4.69, 9.17) is 0 Å². The monoisotopic (exact) mass is 274 g/mol. The molecule has 0 atom stereocenters. The van der Waals surface area contributed by atoms with Gasteiger partial charge in [0, 0.05) is 6.20 Å². The first-order chi connectivity index (χ1) is 9.58. The number of ether oxygens (including phenoxy) is 1. The number of hydrogen-bond acceptors (Lipinski definition) is 4. The fourth-order valence-electron chi connectivity index (χ4n) is 1.64. The van der Waals surface area contributed by atoms with Crippen LogP contribution in [0.2, 0.25) is 0 Å². The minimum absolute atomic E-state index is 0.312. The van der Waals surface area contributed by atoms with Crippen LogP contribution < -0.4 is 0 Å².